The van der Waals surface area contributed by atoms with E-state index in [1.54, 1.807) is 11.8 Å². The van der Waals surface area contributed by atoms with Crippen molar-refractivity contribution in [2.75, 3.05) is 38.3 Å². The number of nitrogens with zero attached hydrogens (tertiary/aromatic N) is 4. The molecule has 0 atom stereocenters. The first kappa shape index (κ1) is 14.5. The first-order valence-corrected chi connectivity index (χ1v) is 7.14. The highest BCUT2D eigenvalue weighted by Gasteiger charge is 2.24. The molecule has 1 aromatic carbocycles. The van der Waals surface area contributed by atoms with Crippen molar-refractivity contribution in [3.63, 3.8) is 0 Å². The fourth-order valence-corrected chi connectivity index (χ4v) is 2.46. The van der Waals surface area contributed by atoms with Crippen LogP contribution < -0.4 is 9.64 Å². The zero-order valence-electron chi connectivity index (χ0n) is 12.7. The maximum absolute atomic E-state index is 11.9. The van der Waals surface area contributed by atoms with E-state index in [4.69, 9.17) is 9.47 Å². The predicted octanol–water partition coefficient (Wildman–Crippen LogP) is 1.32. The van der Waals surface area contributed by atoms with E-state index in [9.17, 15) is 4.79 Å². The van der Waals surface area contributed by atoms with E-state index in [0.717, 1.165) is 17.3 Å². The van der Waals surface area contributed by atoms with Gasteiger partial charge in [-0.3, -0.25) is 4.79 Å². The number of anilines is 1. The van der Waals surface area contributed by atoms with Crippen molar-refractivity contribution >= 4 is 11.6 Å². The van der Waals surface area contributed by atoms with Gasteiger partial charge in [0.15, 0.2) is 17.3 Å². The standard InChI is InChI=1S/C15H18N4O3/c1-11(20)14-15(18-7-9-22-10-8-18)19(17-16-14)12-3-5-13(21-2)6-4-12/h3-6H,7-10H2,1-2H3. The highest BCUT2D eigenvalue weighted by Crippen LogP contribution is 2.25. The van der Waals surface area contributed by atoms with Crippen LogP contribution >= 0.6 is 0 Å². The van der Waals surface area contributed by atoms with Gasteiger partial charge < -0.3 is 14.4 Å². The molecular formula is C15H18N4O3. The molecule has 1 fully saturated rings. The molecule has 2 heterocycles. The fourth-order valence-electron chi connectivity index (χ4n) is 2.46. The average Bonchev–Trinajstić information content (AvgIpc) is 3.01. The van der Waals surface area contributed by atoms with Gasteiger partial charge in [0.1, 0.15) is 5.75 Å². The molecule has 1 aliphatic heterocycles. The van der Waals surface area contributed by atoms with E-state index in [1.807, 2.05) is 24.3 Å². The number of aromatic nitrogens is 3. The van der Waals surface area contributed by atoms with Crippen LogP contribution in [0.25, 0.3) is 5.69 Å². The van der Waals surface area contributed by atoms with Crippen molar-refractivity contribution in [3.05, 3.63) is 30.0 Å². The monoisotopic (exact) mass is 302 g/mol. The van der Waals surface area contributed by atoms with Crippen LogP contribution in [0, 0.1) is 0 Å². The first-order valence-electron chi connectivity index (χ1n) is 7.14. The Morgan fingerprint density at radius 1 is 1.23 bits per heavy atom. The number of benzene rings is 1. The van der Waals surface area contributed by atoms with Crippen molar-refractivity contribution in [3.8, 4) is 11.4 Å². The van der Waals surface area contributed by atoms with Crippen LogP contribution in [-0.2, 0) is 4.74 Å². The summed E-state index contributed by atoms with van der Waals surface area (Å²) >= 11 is 0. The van der Waals surface area contributed by atoms with E-state index >= 15 is 0 Å². The summed E-state index contributed by atoms with van der Waals surface area (Å²) in [5, 5.41) is 8.22. The summed E-state index contributed by atoms with van der Waals surface area (Å²) in [7, 11) is 1.62. The number of rotatable bonds is 4. The summed E-state index contributed by atoms with van der Waals surface area (Å²) in [5.74, 6) is 1.39. The predicted molar refractivity (Wildman–Crippen MR) is 80.9 cm³/mol. The number of morpholine rings is 1. The van der Waals surface area contributed by atoms with E-state index < -0.39 is 0 Å². The Hall–Kier alpha value is -2.41. The minimum absolute atomic E-state index is 0.0961. The van der Waals surface area contributed by atoms with Crippen molar-refractivity contribution in [2.24, 2.45) is 0 Å². The summed E-state index contributed by atoms with van der Waals surface area (Å²) < 4.78 is 12.2. The molecule has 0 unspecified atom stereocenters. The summed E-state index contributed by atoms with van der Waals surface area (Å²) in [6.07, 6.45) is 0. The third-order valence-electron chi connectivity index (χ3n) is 3.61. The maximum Gasteiger partial charge on any atom is 0.183 e. The van der Waals surface area contributed by atoms with Gasteiger partial charge in [0.05, 0.1) is 26.0 Å². The Morgan fingerprint density at radius 3 is 2.50 bits per heavy atom. The van der Waals surface area contributed by atoms with Gasteiger partial charge in [0, 0.05) is 20.0 Å². The summed E-state index contributed by atoms with van der Waals surface area (Å²) in [5.41, 5.74) is 1.22. The number of hydrogen-bond donors (Lipinski definition) is 0. The van der Waals surface area contributed by atoms with Gasteiger partial charge >= 0.3 is 0 Å². The van der Waals surface area contributed by atoms with Crippen LogP contribution in [0.2, 0.25) is 0 Å². The van der Waals surface area contributed by atoms with E-state index in [0.29, 0.717) is 32.0 Å². The molecule has 0 aliphatic carbocycles. The zero-order chi connectivity index (χ0) is 15.5. The number of methoxy groups -OCH3 is 1. The molecule has 22 heavy (non-hydrogen) atoms. The molecule has 7 nitrogen and oxygen atoms in total. The minimum atomic E-state index is -0.0961. The first-order chi connectivity index (χ1) is 10.7. The molecule has 0 bridgehead atoms. The van der Waals surface area contributed by atoms with Crippen molar-refractivity contribution in [2.45, 2.75) is 6.92 Å². The van der Waals surface area contributed by atoms with Gasteiger partial charge in [-0.2, -0.15) is 4.68 Å². The largest absolute Gasteiger partial charge is 0.497 e. The summed E-state index contributed by atoms with van der Waals surface area (Å²) in [6.45, 7) is 4.19. The molecular weight excluding hydrogens is 284 g/mol. The molecule has 0 radical (unpaired) electrons. The third-order valence-corrected chi connectivity index (χ3v) is 3.61. The lowest BCUT2D eigenvalue weighted by Gasteiger charge is -2.29. The minimum Gasteiger partial charge on any atom is -0.497 e. The Kier molecular flexibility index (Phi) is 4.06. The van der Waals surface area contributed by atoms with Crippen molar-refractivity contribution in [1.29, 1.82) is 0 Å². The molecule has 0 saturated carbocycles. The second-order valence-electron chi connectivity index (χ2n) is 5.03. The SMILES string of the molecule is COc1ccc(-n2nnc(C(C)=O)c2N2CCOCC2)cc1. The van der Waals surface area contributed by atoms with Gasteiger partial charge in [-0.05, 0) is 24.3 Å². The molecule has 3 rings (SSSR count). The van der Waals surface area contributed by atoms with Crippen LogP contribution in [0.15, 0.2) is 24.3 Å². The lowest BCUT2D eigenvalue weighted by Crippen LogP contribution is -2.38. The molecule has 1 saturated heterocycles. The Balaban J connectivity index is 2.04. The number of carbonyl (C=O) groups is 1. The number of ketones is 1. The molecule has 1 aliphatic rings. The summed E-state index contributed by atoms with van der Waals surface area (Å²) in [4.78, 5) is 13.9. The van der Waals surface area contributed by atoms with Crippen molar-refractivity contribution in [1.82, 2.24) is 15.0 Å². The second kappa shape index (κ2) is 6.15. The average molecular weight is 302 g/mol. The molecule has 7 heteroatoms. The van der Waals surface area contributed by atoms with Gasteiger partial charge in [0.25, 0.3) is 0 Å². The van der Waals surface area contributed by atoms with Crippen LogP contribution in [0.4, 0.5) is 5.82 Å². The number of hydrogen-bond acceptors (Lipinski definition) is 6. The van der Waals surface area contributed by atoms with Gasteiger partial charge in [-0.25, -0.2) is 0 Å². The Morgan fingerprint density at radius 2 is 1.91 bits per heavy atom. The number of Topliss-reactive ketones (excluding diaryl/α,β-unsaturated/α-hetero) is 1. The van der Waals surface area contributed by atoms with E-state index in [1.165, 1.54) is 6.92 Å². The quantitative estimate of drug-likeness (QED) is 0.793. The molecule has 0 spiro atoms. The smallest absolute Gasteiger partial charge is 0.183 e. The lowest BCUT2D eigenvalue weighted by atomic mass is 10.2. The van der Waals surface area contributed by atoms with Gasteiger partial charge in [0.2, 0.25) is 0 Å². The molecule has 116 valence electrons. The number of carbonyl (C=O) groups excluding carboxylic acids is 1. The highest BCUT2D eigenvalue weighted by atomic mass is 16.5. The Labute approximate surface area is 128 Å². The molecule has 2 aromatic rings. The maximum atomic E-state index is 11.9. The number of ether oxygens (including phenoxy) is 2. The van der Waals surface area contributed by atoms with E-state index in [2.05, 4.69) is 15.2 Å². The normalized spacial score (nSPS) is 14.9. The lowest BCUT2D eigenvalue weighted by molar-refractivity contribution is 0.101. The van der Waals surface area contributed by atoms with Crippen LogP contribution in [0.1, 0.15) is 17.4 Å². The Bertz CT molecular complexity index is 660. The fraction of sp³-hybridized carbons (Fsp3) is 0.400. The van der Waals surface area contributed by atoms with Gasteiger partial charge in [-0.15, -0.1) is 5.10 Å². The highest BCUT2D eigenvalue weighted by molar-refractivity contribution is 5.97. The van der Waals surface area contributed by atoms with Crippen LogP contribution in [0.5, 0.6) is 5.75 Å². The topological polar surface area (TPSA) is 69.5 Å². The van der Waals surface area contributed by atoms with E-state index in [-0.39, 0.29) is 5.78 Å². The zero-order valence-corrected chi connectivity index (χ0v) is 12.7. The van der Waals surface area contributed by atoms with Crippen LogP contribution in [-0.4, -0.2) is 54.2 Å². The third kappa shape index (κ3) is 2.67. The van der Waals surface area contributed by atoms with Crippen molar-refractivity contribution < 1.29 is 14.3 Å². The molecule has 1 aromatic heterocycles. The van der Waals surface area contributed by atoms with Gasteiger partial charge in [-0.1, -0.05) is 5.21 Å². The molecule has 0 amide bonds. The summed E-state index contributed by atoms with van der Waals surface area (Å²) in [6, 6.07) is 7.49. The molecule has 0 N–H and O–H groups in total. The second-order valence-corrected chi connectivity index (χ2v) is 5.03. The van der Waals surface area contributed by atoms with Crippen LogP contribution in [0.3, 0.4) is 0 Å².